The zero-order chi connectivity index (χ0) is 12.6. The molecule has 92 valence electrons. The number of pyridine rings is 1. The first kappa shape index (κ1) is 12.3. The van der Waals surface area contributed by atoms with Gasteiger partial charge in [-0.05, 0) is 25.5 Å². The van der Waals surface area contributed by atoms with Gasteiger partial charge in [0.1, 0.15) is 10.8 Å². The zero-order valence-electron chi connectivity index (χ0n) is 9.90. The lowest BCUT2D eigenvalue weighted by Gasteiger charge is -2.32. The molecule has 0 radical (unpaired) electrons. The van der Waals surface area contributed by atoms with E-state index < -0.39 is 5.60 Å². The van der Waals surface area contributed by atoms with Gasteiger partial charge in [0, 0.05) is 25.2 Å². The van der Waals surface area contributed by atoms with Gasteiger partial charge in [0.15, 0.2) is 0 Å². The standard InChI is InChI=1S/C12H15ClN2O2/c1-12(2,17)11(16)15-6-5-9-8(7-15)3-4-10(13)14-9/h3-4,17H,5-7H2,1-2H3. The lowest BCUT2D eigenvalue weighted by atomic mass is 10.0. The summed E-state index contributed by atoms with van der Waals surface area (Å²) in [6.07, 6.45) is 0.678. The number of amides is 1. The summed E-state index contributed by atoms with van der Waals surface area (Å²) in [5.41, 5.74) is 0.618. The molecule has 0 unspecified atom stereocenters. The first-order valence-electron chi connectivity index (χ1n) is 5.54. The fourth-order valence-electron chi connectivity index (χ4n) is 1.95. The molecule has 0 saturated carbocycles. The van der Waals surface area contributed by atoms with Crippen LogP contribution in [0.5, 0.6) is 0 Å². The van der Waals surface area contributed by atoms with Crippen molar-refractivity contribution in [2.24, 2.45) is 0 Å². The van der Waals surface area contributed by atoms with E-state index in [1.807, 2.05) is 6.07 Å². The Kier molecular flexibility index (Phi) is 3.10. The molecular formula is C12H15ClN2O2. The van der Waals surface area contributed by atoms with Crippen LogP contribution in [0, 0.1) is 0 Å². The lowest BCUT2D eigenvalue weighted by Crippen LogP contribution is -2.47. The minimum atomic E-state index is -1.32. The van der Waals surface area contributed by atoms with Crippen molar-refractivity contribution < 1.29 is 9.90 Å². The largest absolute Gasteiger partial charge is 0.381 e. The molecular weight excluding hydrogens is 240 g/mol. The summed E-state index contributed by atoms with van der Waals surface area (Å²) in [4.78, 5) is 17.8. The van der Waals surface area contributed by atoms with E-state index in [0.717, 1.165) is 11.3 Å². The number of hydrogen-bond donors (Lipinski definition) is 1. The Morgan fingerprint density at radius 3 is 2.88 bits per heavy atom. The van der Waals surface area contributed by atoms with Crippen LogP contribution in [0.25, 0.3) is 0 Å². The summed E-state index contributed by atoms with van der Waals surface area (Å²) in [5, 5.41) is 10.2. The van der Waals surface area contributed by atoms with Crippen LogP contribution in [0.3, 0.4) is 0 Å². The topological polar surface area (TPSA) is 53.4 Å². The van der Waals surface area contributed by atoms with Gasteiger partial charge in [-0.15, -0.1) is 0 Å². The molecule has 2 rings (SSSR count). The third-order valence-electron chi connectivity index (χ3n) is 2.82. The third-order valence-corrected chi connectivity index (χ3v) is 3.04. The van der Waals surface area contributed by atoms with Crippen LogP contribution in [0.15, 0.2) is 12.1 Å². The van der Waals surface area contributed by atoms with Crippen molar-refractivity contribution in [2.45, 2.75) is 32.4 Å². The number of rotatable bonds is 1. The van der Waals surface area contributed by atoms with Crippen LogP contribution in [0.4, 0.5) is 0 Å². The van der Waals surface area contributed by atoms with Gasteiger partial charge in [0.25, 0.3) is 5.91 Å². The minimum absolute atomic E-state index is 0.252. The van der Waals surface area contributed by atoms with Gasteiger partial charge in [-0.2, -0.15) is 0 Å². The predicted molar refractivity (Wildman–Crippen MR) is 64.7 cm³/mol. The quantitative estimate of drug-likeness (QED) is 0.771. The molecule has 17 heavy (non-hydrogen) atoms. The Hall–Kier alpha value is -1.13. The second-order valence-corrected chi connectivity index (χ2v) is 5.16. The third kappa shape index (κ3) is 2.58. The maximum Gasteiger partial charge on any atom is 0.254 e. The molecule has 1 aromatic rings. The maximum atomic E-state index is 11.9. The second-order valence-electron chi connectivity index (χ2n) is 4.78. The molecule has 1 aromatic heterocycles. The number of carbonyl (C=O) groups is 1. The van der Waals surface area contributed by atoms with Crippen LogP contribution in [-0.4, -0.2) is 33.0 Å². The fourth-order valence-corrected chi connectivity index (χ4v) is 2.11. The van der Waals surface area contributed by atoms with E-state index in [-0.39, 0.29) is 5.91 Å². The van der Waals surface area contributed by atoms with Crippen molar-refractivity contribution in [3.8, 4) is 0 Å². The summed E-state index contributed by atoms with van der Waals surface area (Å²) in [7, 11) is 0. The van der Waals surface area contributed by atoms with Crippen molar-refractivity contribution in [1.29, 1.82) is 0 Å². The molecule has 4 nitrogen and oxygen atoms in total. The van der Waals surface area contributed by atoms with Gasteiger partial charge < -0.3 is 10.0 Å². The van der Waals surface area contributed by atoms with Gasteiger partial charge in [0.05, 0.1) is 0 Å². The van der Waals surface area contributed by atoms with Crippen LogP contribution >= 0.6 is 11.6 Å². The first-order chi connectivity index (χ1) is 7.88. The fraction of sp³-hybridized carbons (Fsp3) is 0.500. The molecule has 0 saturated heterocycles. The minimum Gasteiger partial charge on any atom is -0.381 e. The average molecular weight is 255 g/mol. The second kappa shape index (κ2) is 4.27. The summed E-state index contributed by atoms with van der Waals surface area (Å²) < 4.78 is 0. The number of carbonyl (C=O) groups excluding carboxylic acids is 1. The average Bonchev–Trinajstić information content (AvgIpc) is 2.26. The Bertz CT molecular complexity index is 454. The van der Waals surface area contributed by atoms with Crippen molar-refractivity contribution in [1.82, 2.24) is 9.88 Å². The number of aromatic nitrogens is 1. The smallest absolute Gasteiger partial charge is 0.254 e. The summed E-state index contributed by atoms with van der Waals surface area (Å²) in [5.74, 6) is -0.252. The number of aliphatic hydroxyl groups is 1. The zero-order valence-corrected chi connectivity index (χ0v) is 10.7. The lowest BCUT2D eigenvalue weighted by molar-refractivity contribution is -0.148. The highest BCUT2D eigenvalue weighted by atomic mass is 35.5. The molecule has 2 heterocycles. The van der Waals surface area contributed by atoms with Gasteiger partial charge in [-0.1, -0.05) is 17.7 Å². The highest BCUT2D eigenvalue weighted by molar-refractivity contribution is 6.29. The molecule has 1 aliphatic heterocycles. The van der Waals surface area contributed by atoms with Crippen molar-refractivity contribution in [3.63, 3.8) is 0 Å². The Morgan fingerprint density at radius 2 is 2.24 bits per heavy atom. The van der Waals surface area contributed by atoms with Gasteiger partial charge in [-0.3, -0.25) is 4.79 Å². The van der Waals surface area contributed by atoms with Crippen LogP contribution in [-0.2, 0) is 17.8 Å². The highest BCUT2D eigenvalue weighted by Gasteiger charge is 2.31. The first-order valence-corrected chi connectivity index (χ1v) is 5.92. The van der Waals surface area contributed by atoms with E-state index in [0.29, 0.717) is 24.7 Å². The Labute approximate surface area is 105 Å². The monoisotopic (exact) mass is 254 g/mol. The molecule has 5 heteroatoms. The summed E-state index contributed by atoms with van der Waals surface area (Å²) in [6, 6.07) is 3.60. The van der Waals surface area contributed by atoms with Crippen molar-refractivity contribution in [3.05, 3.63) is 28.5 Å². The van der Waals surface area contributed by atoms with Crippen LogP contribution < -0.4 is 0 Å². The van der Waals surface area contributed by atoms with Gasteiger partial charge in [-0.25, -0.2) is 4.98 Å². The van der Waals surface area contributed by atoms with E-state index >= 15 is 0 Å². The number of nitrogens with zero attached hydrogens (tertiary/aromatic N) is 2. The molecule has 1 aliphatic rings. The van der Waals surface area contributed by atoms with E-state index in [1.54, 1.807) is 11.0 Å². The Morgan fingerprint density at radius 1 is 1.53 bits per heavy atom. The Balaban J connectivity index is 2.19. The number of fused-ring (bicyclic) bond motifs is 1. The predicted octanol–water partition coefficient (Wildman–Crippen LogP) is 1.39. The number of halogens is 1. The molecule has 0 aromatic carbocycles. The van der Waals surface area contributed by atoms with Crippen LogP contribution in [0.1, 0.15) is 25.1 Å². The molecule has 0 fully saturated rings. The molecule has 0 aliphatic carbocycles. The normalized spacial score (nSPS) is 15.6. The van der Waals surface area contributed by atoms with Gasteiger partial charge >= 0.3 is 0 Å². The highest BCUT2D eigenvalue weighted by Crippen LogP contribution is 2.21. The van der Waals surface area contributed by atoms with E-state index in [4.69, 9.17) is 11.6 Å². The SMILES string of the molecule is CC(C)(O)C(=O)N1CCc2nc(Cl)ccc2C1. The molecule has 1 amide bonds. The molecule has 0 bridgehead atoms. The summed E-state index contributed by atoms with van der Waals surface area (Å²) in [6.45, 7) is 4.07. The molecule has 0 spiro atoms. The number of hydrogen-bond acceptors (Lipinski definition) is 3. The van der Waals surface area contributed by atoms with Crippen molar-refractivity contribution in [2.75, 3.05) is 6.54 Å². The van der Waals surface area contributed by atoms with E-state index in [9.17, 15) is 9.90 Å². The maximum absolute atomic E-state index is 11.9. The van der Waals surface area contributed by atoms with E-state index in [1.165, 1.54) is 13.8 Å². The van der Waals surface area contributed by atoms with Gasteiger partial charge in [0.2, 0.25) is 0 Å². The van der Waals surface area contributed by atoms with Crippen LogP contribution in [0.2, 0.25) is 5.15 Å². The van der Waals surface area contributed by atoms with Crippen molar-refractivity contribution >= 4 is 17.5 Å². The molecule has 1 N–H and O–H groups in total. The summed E-state index contributed by atoms with van der Waals surface area (Å²) >= 11 is 5.82. The van der Waals surface area contributed by atoms with E-state index in [2.05, 4.69) is 4.98 Å². The molecule has 0 atom stereocenters.